The Hall–Kier alpha value is -1.32. The molecule has 1 unspecified atom stereocenters. The first-order valence-electron chi connectivity index (χ1n) is 7.30. The highest BCUT2D eigenvalue weighted by Crippen LogP contribution is 2.39. The van der Waals surface area contributed by atoms with Crippen LogP contribution in [0.1, 0.15) is 33.9 Å². The Morgan fingerprint density at radius 3 is 2.76 bits per heavy atom. The Kier molecular flexibility index (Phi) is 4.05. The van der Waals surface area contributed by atoms with E-state index in [9.17, 15) is 0 Å². The van der Waals surface area contributed by atoms with Crippen LogP contribution in [0.2, 0.25) is 0 Å². The Balaban J connectivity index is 2.15. The molecule has 1 heterocycles. The van der Waals surface area contributed by atoms with E-state index in [1.54, 1.807) is 0 Å². The molecule has 3 rings (SSSR count). The van der Waals surface area contributed by atoms with E-state index in [2.05, 4.69) is 65.4 Å². The van der Waals surface area contributed by atoms with Crippen molar-refractivity contribution >= 4 is 15.9 Å². The van der Waals surface area contributed by atoms with Crippen LogP contribution in [0.4, 0.5) is 0 Å². The van der Waals surface area contributed by atoms with Crippen LogP contribution in [0, 0.1) is 13.8 Å². The molecule has 0 fully saturated rings. The lowest BCUT2D eigenvalue weighted by molar-refractivity contribution is 0.351. The van der Waals surface area contributed by atoms with Crippen LogP contribution in [0.15, 0.2) is 34.8 Å². The largest absolute Gasteiger partial charge is 0.493 e. The molecule has 0 aromatic heterocycles. The first-order chi connectivity index (χ1) is 10.1. The zero-order valence-corrected chi connectivity index (χ0v) is 14.3. The van der Waals surface area contributed by atoms with Crippen LogP contribution in [0.25, 0.3) is 0 Å². The molecule has 1 atom stereocenters. The quantitative estimate of drug-likeness (QED) is 0.894. The van der Waals surface area contributed by atoms with Gasteiger partial charge < -0.3 is 10.1 Å². The van der Waals surface area contributed by atoms with Crippen molar-refractivity contribution in [3.63, 3.8) is 0 Å². The van der Waals surface area contributed by atoms with Crippen molar-refractivity contribution in [1.82, 2.24) is 5.32 Å². The molecule has 1 aliphatic heterocycles. The smallest absolute Gasteiger partial charge is 0.127 e. The van der Waals surface area contributed by atoms with Gasteiger partial charge in [-0.2, -0.15) is 0 Å². The Morgan fingerprint density at radius 2 is 2.00 bits per heavy atom. The maximum atomic E-state index is 5.90. The van der Waals surface area contributed by atoms with Gasteiger partial charge in [0.05, 0.1) is 12.6 Å². The standard InChI is InChI=1S/C18H20BrNO/c1-11-5-4-6-15(12(11)2)17(20-3)16-10-14(19)9-13-7-8-21-18(13)16/h4-6,9-10,17,20H,7-8H2,1-3H3. The molecule has 3 heteroatoms. The summed E-state index contributed by atoms with van der Waals surface area (Å²) in [6.07, 6.45) is 0.991. The predicted molar refractivity (Wildman–Crippen MR) is 90.2 cm³/mol. The third-order valence-corrected chi connectivity index (χ3v) is 4.79. The summed E-state index contributed by atoms with van der Waals surface area (Å²) >= 11 is 3.64. The molecular formula is C18H20BrNO. The second-order valence-corrected chi connectivity index (χ2v) is 6.51. The second kappa shape index (κ2) is 5.82. The minimum absolute atomic E-state index is 0.147. The van der Waals surface area contributed by atoms with Gasteiger partial charge in [-0.15, -0.1) is 0 Å². The fourth-order valence-electron chi connectivity index (χ4n) is 3.08. The Morgan fingerprint density at radius 1 is 1.19 bits per heavy atom. The molecule has 0 bridgehead atoms. The third-order valence-electron chi connectivity index (χ3n) is 4.33. The van der Waals surface area contributed by atoms with E-state index in [-0.39, 0.29) is 6.04 Å². The highest BCUT2D eigenvalue weighted by atomic mass is 79.9. The first kappa shape index (κ1) is 14.6. The highest BCUT2D eigenvalue weighted by molar-refractivity contribution is 9.10. The molecule has 0 spiro atoms. The van der Waals surface area contributed by atoms with Crippen molar-refractivity contribution in [1.29, 1.82) is 0 Å². The van der Waals surface area contributed by atoms with E-state index < -0.39 is 0 Å². The third kappa shape index (κ3) is 2.60. The van der Waals surface area contributed by atoms with E-state index in [0.717, 1.165) is 23.2 Å². The lowest BCUT2D eigenvalue weighted by Gasteiger charge is -2.22. The van der Waals surface area contributed by atoms with Crippen LogP contribution < -0.4 is 10.1 Å². The summed E-state index contributed by atoms with van der Waals surface area (Å²) in [6.45, 7) is 5.13. The normalized spacial score (nSPS) is 14.7. The molecule has 0 radical (unpaired) electrons. The van der Waals surface area contributed by atoms with Crippen molar-refractivity contribution in [3.05, 3.63) is 62.6 Å². The molecule has 2 aromatic rings. The molecule has 2 aromatic carbocycles. The van der Waals surface area contributed by atoms with Gasteiger partial charge in [0, 0.05) is 16.5 Å². The number of halogens is 1. The van der Waals surface area contributed by atoms with Gasteiger partial charge in [0.2, 0.25) is 0 Å². The minimum atomic E-state index is 0.147. The van der Waals surface area contributed by atoms with Crippen LogP contribution in [-0.2, 0) is 6.42 Å². The van der Waals surface area contributed by atoms with E-state index in [0.29, 0.717) is 0 Å². The minimum Gasteiger partial charge on any atom is -0.493 e. The fraction of sp³-hybridized carbons (Fsp3) is 0.333. The molecule has 2 nitrogen and oxygen atoms in total. The average molecular weight is 346 g/mol. The SMILES string of the molecule is CNC(c1cccc(C)c1C)c1cc(Br)cc2c1OCC2. The number of benzene rings is 2. The van der Waals surface area contributed by atoms with Gasteiger partial charge in [-0.25, -0.2) is 0 Å². The molecule has 1 aliphatic rings. The van der Waals surface area contributed by atoms with Gasteiger partial charge in [0.1, 0.15) is 5.75 Å². The molecule has 0 amide bonds. The molecule has 21 heavy (non-hydrogen) atoms. The number of aryl methyl sites for hydroxylation is 1. The molecule has 0 aliphatic carbocycles. The predicted octanol–water partition coefficient (Wildman–Crippen LogP) is 4.31. The molecule has 0 saturated carbocycles. The van der Waals surface area contributed by atoms with Crippen LogP contribution in [-0.4, -0.2) is 13.7 Å². The van der Waals surface area contributed by atoms with E-state index >= 15 is 0 Å². The summed E-state index contributed by atoms with van der Waals surface area (Å²) in [5, 5.41) is 3.46. The molecule has 1 N–H and O–H groups in total. The summed E-state index contributed by atoms with van der Waals surface area (Å²) in [5.74, 6) is 1.05. The lowest BCUT2D eigenvalue weighted by atomic mass is 9.91. The topological polar surface area (TPSA) is 21.3 Å². The van der Waals surface area contributed by atoms with Crippen molar-refractivity contribution in [2.75, 3.05) is 13.7 Å². The number of nitrogens with one attached hydrogen (secondary N) is 1. The second-order valence-electron chi connectivity index (χ2n) is 5.59. The van der Waals surface area contributed by atoms with Gasteiger partial charge in [-0.3, -0.25) is 0 Å². The van der Waals surface area contributed by atoms with E-state index in [4.69, 9.17) is 4.74 Å². The number of rotatable bonds is 3. The summed E-state index contributed by atoms with van der Waals surface area (Å²) < 4.78 is 7.02. The number of fused-ring (bicyclic) bond motifs is 1. The van der Waals surface area contributed by atoms with Gasteiger partial charge >= 0.3 is 0 Å². The van der Waals surface area contributed by atoms with Gasteiger partial charge in [0.25, 0.3) is 0 Å². The summed E-state index contributed by atoms with van der Waals surface area (Å²) in [6, 6.07) is 11.0. The summed E-state index contributed by atoms with van der Waals surface area (Å²) in [5.41, 5.74) is 6.48. The van der Waals surface area contributed by atoms with Crippen molar-refractivity contribution in [2.45, 2.75) is 26.3 Å². The molecular weight excluding hydrogens is 326 g/mol. The summed E-state index contributed by atoms with van der Waals surface area (Å²) in [4.78, 5) is 0. The zero-order valence-electron chi connectivity index (χ0n) is 12.7. The van der Waals surface area contributed by atoms with Crippen molar-refractivity contribution in [3.8, 4) is 5.75 Å². The number of hydrogen-bond donors (Lipinski definition) is 1. The van der Waals surface area contributed by atoms with E-state index in [1.165, 1.54) is 27.8 Å². The van der Waals surface area contributed by atoms with Crippen molar-refractivity contribution < 1.29 is 4.74 Å². The number of ether oxygens (including phenoxy) is 1. The Labute approximate surface area is 134 Å². The van der Waals surface area contributed by atoms with Crippen molar-refractivity contribution in [2.24, 2.45) is 0 Å². The average Bonchev–Trinajstić information content (AvgIpc) is 2.92. The number of hydrogen-bond acceptors (Lipinski definition) is 2. The van der Waals surface area contributed by atoms with Gasteiger partial charge in [-0.05, 0) is 55.3 Å². The molecule has 0 saturated heterocycles. The summed E-state index contributed by atoms with van der Waals surface area (Å²) in [7, 11) is 2.01. The molecule has 110 valence electrons. The lowest BCUT2D eigenvalue weighted by Crippen LogP contribution is -2.19. The maximum Gasteiger partial charge on any atom is 0.127 e. The van der Waals surface area contributed by atoms with Crippen LogP contribution >= 0.6 is 15.9 Å². The van der Waals surface area contributed by atoms with E-state index in [1.807, 2.05) is 7.05 Å². The van der Waals surface area contributed by atoms with Crippen LogP contribution in [0.5, 0.6) is 5.75 Å². The van der Waals surface area contributed by atoms with Gasteiger partial charge in [-0.1, -0.05) is 34.1 Å². The fourth-order valence-corrected chi connectivity index (χ4v) is 3.60. The monoisotopic (exact) mass is 345 g/mol. The highest BCUT2D eigenvalue weighted by Gasteiger charge is 2.24. The van der Waals surface area contributed by atoms with Crippen LogP contribution in [0.3, 0.4) is 0 Å². The Bertz CT molecular complexity index is 681. The maximum absolute atomic E-state index is 5.90. The zero-order chi connectivity index (χ0) is 15.0. The first-order valence-corrected chi connectivity index (χ1v) is 8.09. The van der Waals surface area contributed by atoms with Gasteiger partial charge in [0.15, 0.2) is 0 Å².